The quantitative estimate of drug-likeness (QED) is 0.174. The molecule has 3 heteroatoms. The van der Waals surface area contributed by atoms with Crippen LogP contribution in [0.4, 0.5) is 0 Å². The summed E-state index contributed by atoms with van der Waals surface area (Å²) in [6.07, 6.45) is 0. The van der Waals surface area contributed by atoms with Crippen LogP contribution in [0.1, 0.15) is 0 Å². The number of fused-ring (bicyclic) bond motifs is 6. The van der Waals surface area contributed by atoms with E-state index in [1.807, 2.05) is 30.3 Å². The zero-order valence-corrected chi connectivity index (χ0v) is 27.6. The van der Waals surface area contributed by atoms with Crippen LogP contribution >= 0.6 is 0 Å². The number of para-hydroxylation sites is 1. The number of benzene rings is 8. The summed E-state index contributed by atoms with van der Waals surface area (Å²) in [4.78, 5) is 10.4. The van der Waals surface area contributed by atoms with E-state index in [4.69, 9.17) is 14.4 Å². The first-order chi connectivity index (χ1) is 25.2. The largest absolute Gasteiger partial charge is 0.456 e. The molecule has 0 bridgehead atoms. The zero-order valence-electron chi connectivity index (χ0n) is 27.6. The molecule has 51 heavy (non-hydrogen) atoms. The Hall–Kier alpha value is -6.84. The minimum Gasteiger partial charge on any atom is -0.456 e. The number of rotatable bonds is 5. The lowest BCUT2D eigenvalue weighted by molar-refractivity contribution is 0.669. The van der Waals surface area contributed by atoms with E-state index in [2.05, 4.69) is 152 Å². The highest BCUT2D eigenvalue weighted by molar-refractivity contribution is 6.09. The third-order valence-electron chi connectivity index (χ3n) is 9.85. The third kappa shape index (κ3) is 5.24. The fourth-order valence-corrected chi connectivity index (χ4v) is 7.27. The van der Waals surface area contributed by atoms with Gasteiger partial charge < -0.3 is 4.42 Å². The minimum absolute atomic E-state index is 0.694. The summed E-state index contributed by atoms with van der Waals surface area (Å²) in [5.74, 6) is 0.694. The minimum atomic E-state index is 0.694. The van der Waals surface area contributed by atoms with Crippen molar-refractivity contribution in [3.63, 3.8) is 0 Å². The highest BCUT2D eigenvalue weighted by Crippen LogP contribution is 2.38. The highest BCUT2D eigenvalue weighted by Gasteiger charge is 2.15. The maximum Gasteiger partial charge on any atom is 0.160 e. The predicted octanol–water partition coefficient (Wildman–Crippen LogP) is 13.0. The van der Waals surface area contributed by atoms with E-state index >= 15 is 0 Å². The van der Waals surface area contributed by atoms with Crippen LogP contribution in [0.2, 0.25) is 0 Å². The van der Waals surface area contributed by atoms with E-state index in [0.29, 0.717) is 5.82 Å². The lowest BCUT2D eigenvalue weighted by Crippen LogP contribution is -1.96. The van der Waals surface area contributed by atoms with Gasteiger partial charge in [-0.05, 0) is 92.3 Å². The van der Waals surface area contributed by atoms with E-state index in [-0.39, 0.29) is 0 Å². The Morgan fingerprint density at radius 2 is 0.843 bits per heavy atom. The summed E-state index contributed by atoms with van der Waals surface area (Å²) in [6.45, 7) is 0. The topological polar surface area (TPSA) is 38.9 Å². The van der Waals surface area contributed by atoms with Gasteiger partial charge in [-0.2, -0.15) is 0 Å². The van der Waals surface area contributed by atoms with Gasteiger partial charge in [-0.1, -0.05) is 133 Å². The molecule has 10 rings (SSSR count). The molecule has 2 aromatic heterocycles. The molecule has 0 aliphatic rings. The number of hydrogen-bond acceptors (Lipinski definition) is 3. The smallest absolute Gasteiger partial charge is 0.160 e. The molecule has 0 aliphatic heterocycles. The Morgan fingerprint density at radius 1 is 0.294 bits per heavy atom. The van der Waals surface area contributed by atoms with Gasteiger partial charge in [-0.3, -0.25) is 0 Å². The van der Waals surface area contributed by atoms with E-state index in [0.717, 1.165) is 72.3 Å². The Balaban J connectivity index is 1.19. The molecule has 0 radical (unpaired) electrons. The molecule has 0 unspecified atom stereocenters. The summed E-state index contributed by atoms with van der Waals surface area (Å²) < 4.78 is 6.17. The van der Waals surface area contributed by atoms with Gasteiger partial charge >= 0.3 is 0 Å². The first kappa shape index (κ1) is 29.1. The molecular formula is C48H30N2O. The van der Waals surface area contributed by atoms with E-state index in [1.165, 1.54) is 21.5 Å². The molecule has 0 saturated carbocycles. The van der Waals surface area contributed by atoms with Gasteiger partial charge in [0.2, 0.25) is 0 Å². The van der Waals surface area contributed by atoms with Crippen LogP contribution in [-0.2, 0) is 0 Å². The van der Waals surface area contributed by atoms with E-state index in [9.17, 15) is 0 Å². The van der Waals surface area contributed by atoms with Crippen molar-refractivity contribution < 1.29 is 4.42 Å². The maximum absolute atomic E-state index is 6.17. The van der Waals surface area contributed by atoms with Crippen molar-refractivity contribution in [2.75, 3.05) is 0 Å². The van der Waals surface area contributed by atoms with Crippen molar-refractivity contribution in [2.45, 2.75) is 0 Å². The van der Waals surface area contributed by atoms with Crippen LogP contribution in [0, 0.1) is 0 Å². The van der Waals surface area contributed by atoms with Crippen molar-refractivity contribution in [3.05, 3.63) is 182 Å². The third-order valence-corrected chi connectivity index (χ3v) is 9.85. The van der Waals surface area contributed by atoms with Crippen LogP contribution in [-0.4, -0.2) is 9.97 Å². The molecule has 0 saturated heterocycles. The van der Waals surface area contributed by atoms with E-state index < -0.39 is 0 Å². The Labute approximate surface area is 295 Å². The molecule has 0 fully saturated rings. The van der Waals surface area contributed by atoms with Gasteiger partial charge in [-0.15, -0.1) is 0 Å². The standard InChI is InChI=1S/C48H30N2O/c1-3-11-31(12-4-1)37-25-38(35-23-24-47-43(28-35)41-17-9-10-18-46(41)51-47)27-39(26-37)45-30-44(49-48(50-45)34-14-5-2-6-15-34)36-22-21-33-20-19-32-13-7-8-16-40(32)42(33)29-36/h1-30H. The number of aromatic nitrogens is 2. The fourth-order valence-electron chi connectivity index (χ4n) is 7.27. The molecule has 0 atom stereocenters. The Morgan fingerprint density at radius 3 is 1.65 bits per heavy atom. The van der Waals surface area contributed by atoms with Gasteiger partial charge in [0.1, 0.15) is 11.2 Å². The molecule has 0 spiro atoms. The van der Waals surface area contributed by atoms with E-state index in [1.54, 1.807) is 0 Å². The van der Waals surface area contributed by atoms with Crippen molar-refractivity contribution in [2.24, 2.45) is 0 Å². The van der Waals surface area contributed by atoms with Gasteiger partial charge in [0.25, 0.3) is 0 Å². The summed E-state index contributed by atoms with van der Waals surface area (Å²) in [5, 5.41) is 7.10. The maximum atomic E-state index is 6.17. The molecule has 238 valence electrons. The second-order valence-corrected chi connectivity index (χ2v) is 13.0. The molecule has 10 aromatic rings. The summed E-state index contributed by atoms with van der Waals surface area (Å²) in [7, 11) is 0. The highest BCUT2D eigenvalue weighted by atomic mass is 16.3. The van der Waals surface area contributed by atoms with Crippen molar-refractivity contribution in [3.8, 4) is 56.2 Å². The Bertz CT molecular complexity index is 2910. The summed E-state index contributed by atoms with van der Waals surface area (Å²) in [6, 6.07) is 64.0. The first-order valence-electron chi connectivity index (χ1n) is 17.2. The van der Waals surface area contributed by atoms with Crippen LogP contribution in [0.5, 0.6) is 0 Å². The summed E-state index contributed by atoms with van der Waals surface area (Å²) in [5.41, 5.74) is 11.1. The molecule has 8 aromatic carbocycles. The normalized spacial score (nSPS) is 11.5. The van der Waals surface area contributed by atoms with Gasteiger partial charge in [0.05, 0.1) is 11.4 Å². The van der Waals surface area contributed by atoms with Gasteiger partial charge in [0, 0.05) is 27.5 Å². The number of hydrogen-bond donors (Lipinski definition) is 0. The van der Waals surface area contributed by atoms with Crippen LogP contribution in [0.15, 0.2) is 186 Å². The zero-order chi connectivity index (χ0) is 33.7. The number of nitrogens with zero attached hydrogens (tertiary/aromatic N) is 2. The second kappa shape index (κ2) is 11.9. The molecule has 2 heterocycles. The van der Waals surface area contributed by atoms with Gasteiger partial charge in [0.15, 0.2) is 5.82 Å². The predicted molar refractivity (Wildman–Crippen MR) is 212 cm³/mol. The SMILES string of the molecule is c1ccc(-c2cc(-c3ccc4oc5ccccc5c4c3)cc(-c3cc(-c4ccc5ccc6ccccc6c5c4)nc(-c4ccccc4)n3)c2)cc1. The van der Waals surface area contributed by atoms with Crippen LogP contribution in [0.3, 0.4) is 0 Å². The molecule has 0 amide bonds. The number of furan rings is 1. The van der Waals surface area contributed by atoms with Crippen molar-refractivity contribution in [1.82, 2.24) is 9.97 Å². The monoisotopic (exact) mass is 650 g/mol. The molecule has 0 aliphatic carbocycles. The second-order valence-electron chi connectivity index (χ2n) is 13.0. The Kier molecular flexibility index (Phi) is 6.81. The molecule has 3 nitrogen and oxygen atoms in total. The average Bonchev–Trinajstić information content (AvgIpc) is 3.59. The summed E-state index contributed by atoms with van der Waals surface area (Å²) >= 11 is 0. The van der Waals surface area contributed by atoms with Crippen LogP contribution < -0.4 is 0 Å². The van der Waals surface area contributed by atoms with Gasteiger partial charge in [-0.25, -0.2) is 9.97 Å². The van der Waals surface area contributed by atoms with Crippen molar-refractivity contribution >= 4 is 43.5 Å². The fraction of sp³-hybridized carbons (Fsp3) is 0. The van der Waals surface area contributed by atoms with Crippen molar-refractivity contribution in [1.29, 1.82) is 0 Å². The first-order valence-corrected chi connectivity index (χ1v) is 17.2. The van der Waals surface area contributed by atoms with Crippen LogP contribution in [0.25, 0.3) is 99.6 Å². The lowest BCUT2D eigenvalue weighted by Gasteiger charge is -2.14. The average molecular weight is 651 g/mol. The molecular weight excluding hydrogens is 621 g/mol. The molecule has 0 N–H and O–H groups in total. The lowest BCUT2D eigenvalue weighted by atomic mass is 9.93.